The van der Waals surface area contributed by atoms with Gasteiger partial charge in [0.2, 0.25) is 0 Å². The van der Waals surface area contributed by atoms with Crippen LogP contribution in [0, 0.1) is 0 Å². The smallest absolute Gasteiger partial charge is 0.122 e. The van der Waals surface area contributed by atoms with Crippen LogP contribution < -0.4 is 0 Å². The minimum absolute atomic E-state index is 0.00476. The summed E-state index contributed by atoms with van der Waals surface area (Å²) < 4.78 is 0. The van der Waals surface area contributed by atoms with Gasteiger partial charge in [-0.05, 0) is 96.3 Å². The van der Waals surface area contributed by atoms with E-state index in [4.69, 9.17) is 0 Å². The van der Waals surface area contributed by atoms with Gasteiger partial charge in [0.1, 0.15) is 11.5 Å². The van der Waals surface area contributed by atoms with Gasteiger partial charge in [0.15, 0.2) is 0 Å². The second kappa shape index (κ2) is 16.8. The van der Waals surface area contributed by atoms with E-state index in [0.29, 0.717) is 23.3 Å². The normalized spacial score (nSPS) is 13.9. The zero-order chi connectivity index (χ0) is 31.5. The number of benzene rings is 2. The van der Waals surface area contributed by atoms with Crippen LogP contribution in [-0.4, -0.2) is 10.2 Å². The zero-order valence-electron chi connectivity index (χ0n) is 29.3. The van der Waals surface area contributed by atoms with Crippen molar-refractivity contribution >= 4 is 0 Å². The molecule has 0 amide bonds. The van der Waals surface area contributed by atoms with Crippen LogP contribution in [0.4, 0.5) is 0 Å². The zero-order valence-corrected chi connectivity index (χ0v) is 29.3. The third-order valence-corrected chi connectivity index (χ3v) is 10.6. The van der Waals surface area contributed by atoms with Gasteiger partial charge in [0.25, 0.3) is 0 Å². The minimum atomic E-state index is -0.00476. The Morgan fingerprint density at radius 2 is 0.833 bits per heavy atom. The Bertz CT molecular complexity index is 1010. The van der Waals surface area contributed by atoms with Crippen molar-refractivity contribution in [1.29, 1.82) is 0 Å². The van der Waals surface area contributed by atoms with Crippen LogP contribution in [-0.2, 0) is 23.7 Å². The van der Waals surface area contributed by atoms with Crippen LogP contribution in [0.2, 0.25) is 0 Å². The van der Waals surface area contributed by atoms with Crippen LogP contribution in [0.1, 0.15) is 192 Å². The highest BCUT2D eigenvalue weighted by Crippen LogP contribution is 2.41. The molecule has 0 aliphatic heterocycles. The molecule has 0 saturated carbocycles. The molecule has 0 fully saturated rings. The Kier molecular flexibility index (Phi) is 14.5. The van der Waals surface area contributed by atoms with Crippen LogP contribution in [0.3, 0.4) is 0 Å². The molecule has 0 bridgehead atoms. The largest absolute Gasteiger partial charge is 0.507 e. The Hall–Kier alpha value is -1.96. The van der Waals surface area contributed by atoms with Crippen molar-refractivity contribution in [3.63, 3.8) is 0 Å². The fourth-order valence-corrected chi connectivity index (χ4v) is 6.05. The second-order valence-electron chi connectivity index (χ2n) is 14.6. The summed E-state index contributed by atoms with van der Waals surface area (Å²) in [4.78, 5) is 0. The summed E-state index contributed by atoms with van der Waals surface area (Å²) in [6, 6.07) is 9.14. The summed E-state index contributed by atoms with van der Waals surface area (Å²) in [6.45, 7) is 22.4. The monoisotopic (exact) mass is 579 g/mol. The third-order valence-electron chi connectivity index (χ3n) is 10.6. The van der Waals surface area contributed by atoms with Gasteiger partial charge in [0.05, 0.1) is 0 Å². The van der Waals surface area contributed by atoms with E-state index in [1.807, 2.05) is 0 Å². The van der Waals surface area contributed by atoms with Crippen LogP contribution in [0.15, 0.2) is 24.3 Å². The molecule has 2 N–H and O–H groups in total. The third kappa shape index (κ3) is 9.78. The molecule has 2 aromatic carbocycles. The summed E-state index contributed by atoms with van der Waals surface area (Å²) in [5.41, 5.74) is 7.33. The number of phenolic OH excluding ortho intramolecular Hbond substituents is 2. The molecule has 238 valence electrons. The lowest BCUT2D eigenvalue weighted by atomic mass is 9.78. The van der Waals surface area contributed by atoms with E-state index in [1.165, 1.54) is 62.5 Å². The van der Waals surface area contributed by atoms with E-state index in [-0.39, 0.29) is 10.8 Å². The van der Waals surface area contributed by atoms with Crippen molar-refractivity contribution in [3.05, 3.63) is 57.6 Å². The van der Waals surface area contributed by atoms with E-state index in [1.54, 1.807) is 0 Å². The molecule has 0 heterocycles. The van der Waals surface area contributed by atoms with Crippen LogP contribution >= 0.6 is 0 Å². The number of unbranched alkanes of at least 4 members (excludes halogenated alkanes) is 7. The molecule has 0 aliphatic carbocycles. The topological polar surface area (TPSA) is 40.5 Å². The standard InChI is InChI=1S/C40H66O2/c1-11-29(5)33-25-31(27-35(37(33)41)39(7,8)13-3)23-21-19-17-15-16-18-20-22-24-32-26-34(30(6)12-2)38(42)36(28-32)40(9,10)14-4/h25-30,41-42H,11-24H2,1-10H3. The molecule has 0 radical (unpaired) electrons. The fraction of sp³-hybridized carbons (Fsp3) is 0.700. The van der Waals surface area contributed by atoms with Crippen molar-refractivity contribution in [3.8, 4) is 11.5 Å². The van der Waals surface area contributed by atoms with Crippen LogP contribution in [0.25, 0.3) is 0 Å². The maximum atomic E-state index is 11.1. The summed E-state index contributed by atoms with van der Waals surface area (Å²) in [7, 11) is 0. The van der Waals surface area contributed by atoms with Gasteiger partial charge < -0.3 is 10.2 Å². The van der Waals surface area contributed by atoms with Crippen molar-refractivity contribution in [2.45, 2.75) is 182 Å². The van der Waals surface area contributed by atoms with Crippen molar-refractivity contribution < 1.29 is 10.2 Å². The predicted molar refractivity (Wildman–Crippen MR) is 185 cm³/mol. The number of aromatic hydroxyl groups is 2. The number of aryl methyl sites for hydroxylation is 2. The lowest BCUT2D eigenvalue weighted by molar-refractivity contribution is 0.418. The number of rotatable bonds is 19. The first-order chi connectivity index (χ1) is 19.8. The first kappa shape index (κ1) is 36.2. The number of phenols is 2. The lowest BCUT2D eigenvalue weighted by Crippen LogP contribution is -2.17. The molecule has 2 atom stereocenters. The van der Waals surface area contributed by atoms with E-state index < -0.39 is 0 Å². The van der Waals surface area contributed by atoms with Gasteiger partial charge in [-0.15, -0.1) is 0 Å². The van der Waals surface area contributed by atoms with Gasteiger partial charge >= 0.3 is 0 Å². The quantitative estimate of drug-likeness (QED) is 0.163. The minimum Gasteiger partial charge on any atom is -0.507 e. The van der Waals surface area contributed by atoms with Crippen molar-refractivity contribution in [2.24, 2.45) is 0 Å². The molecule has 2 aromatic rings. The van der Waals surface area contributed by atoms with Gasteiger partial charge in [-0.2, -0.15) is 0 Å². The molecule has 2 unspecified atom stereocenters. The predicted octanol–water partition coefficient (Wildman–Crippen LogP) is 12.4. The van der Waals surface area contributed by atoms with E-state index in [9.17, 15) is 10.2 Å². The van der Waals surface area contributed by atoms with E-state index in [2.05, 4.69) is 93.5 Å². The fourth-order valence-electron chi connectivity index (χ4n) is 6.05. The van der Waals surface area contributed by atoms with Gasteiger partial charge in [-0.3, -0.25) is 0 Å². The van der Waals surface area contributed by atoms with Crippen molar-refractivity contribution in [1.82, 2.24) is 0 Å². The molecule has 0 aromatic heterocycles. The molecule has 2 nitrogen and oxygen atoms in total. The maximum Gasteiger partial charge on any atom is 0.122 e. The molecular formula is C40H66O2. The van der Waals surface area contributed by atoms with Gasteiger partial charge in [-0.25, -0.2) is 0 Å². The van der Waals surface area contributed by atoms with Crippen LogP contribution in [0.5, 0.6) is 11.5 Å². The summed E-state index contributed by atoms with van der Waals surface area (Å²) in [5.74, 6) is 1.84. The Labute approximate surface area is 260 Å². The summed E-state index contributed by atoms with van der Waals surface area (Å²) >= 11 is 0. The van der Waals surface area contributed by atoms with Gasteiger partial charge in [-0.1, -0.05) is 132 Å². The molecule has 0 aliphatic rings. The Balaban J connectivity index is 1.81. The Morgan fingerprint density at radius 3 is 1.12 bits per heavy atom. The second-order valence-corrected chi connectivity index (χ2v) is 14.6. The molecular weight excluding hydrogens is 512 g/mol. The molecule has 0 saturated heterocycles. The highest BCUT2D eigenvalue weighted by Gasteiger charge is 2.26. The molecule has 2 heteroatoms. The molecule has 0 spiro atoms. The number of hydrogen-bond acceptors (Lipinski definition) is 2. The maximum absolute atomic E-state index is 11.1. The SMILES string of the molecule is CCC(C)c1cc(CCCCCCCCCCc2cc(C(C)CC)c(O)c(C(C)(C)CC)c2)cc(C(C)(C)CC)c1O. The highest BCUT2D eigenvalue weighted by atomic mass is 16.3. The molecule has 42 heavy (non-hydrogen) atoms. The van der Waals surface area contributed by atoms with E-state index >= 15 is 0 Å². The average molecular weight is 579 g/mol. The van der Waals surface area contributed by atoms with E-state index in [0.717, 1.165) is 60.8 Å². The summed E-state index contributed by atoms with van der Waals surface area (Å²) in [6.07, 6.45) is 16.7. The first-order valence-electron chi connectivity index (χ1n) is 17.5. The Morgan fingerprint density at radius 1 is 0.524 bits per heavy atom. The highest BCUT2D eigenvalue weighted by molar-refractivity contribution is 5.50. The summed E-state index contributed by atoms with van der Waals surface area (Å²) in [5, 5.41) is 22.2. The number of hydrogen-bond donors (Lipinski definition) is 2. The molecule has 2 rings (SSSR count). The van der Waals surface area contributed by atoms with Gasteiger partial charge in [0, 0.05) is 11.1 Å². The lowest BCUT2D eigenvalue weighted by Gasteiger charge is -2.28. The van der Waals surface area contributed by atoms with Crippen molar-refractivity contribution in [2.75, 3.05) is 0 Å². The first-order valence-corrected chi connectivity index (χ1v) is 17.5. The average Bonchev–Trinajstić information content (AvgIpc) is 2.98.